The number of hydrogen-bond acceptors (Lipinski definition) is 7. The van der Waals surface area contributed by atoms with Crippen LogP contribution in [0.5, 0.6) is 0 Å². The smallest absolute Gasteiger partial charge is 0.340 e. The van der Waals surface area contributed by atoms with Crippen molar-refractivity contribution < 1.29 is 22.7 Å². The summed E-state index contributed by atoms with van der Waals surface area (Å²) in [6, 6.07) is 10.6. The summed E-state index contributed by atoms with van der Waals surface area (Å²) < 4.78 is 31.3. The van der Waals surface area contributed by atoms with Gasteiger partial charge in [-0.3, -0.25) is 4.79 Å². The number of nitrogens with one attached hydrogen (secondary N) is 1. The number of carbonyl (C=O) groups is 2. The highest BCUT2D eigenvalue weighted by atomic mass is 35.5. The van der Waals surface area contributed by atoms with E-state index in [9.17, 15) is 18.0 Å². The molecule has 0 unspecified atom stereocenters. The number of nitrogens with zero attached hydrogens (tertiary/aromatic N) is 3. The molecule has 11 heteroatoms. The molecular formula is C22H23ClN4O5S. The van der Waals surface area contributed by atoms with Crippen LogP contribution in [0.3, 0.4) is 0 Å². The summed E-state index contributed by atoms with van der Waals surface area (Å²) in [5.74, 6) is -1.41. The minimum atomic E-state index is -3.76. The lowest BCUT2D eigenvalue weighted by atomic mass is 10.1. The number of esters is 1. The Labute approximate surface area is 197 Å². The first-order valence-electron chi connectivity index (χ1n) is 10.1. The Morgan fingerprint density at radius 1 is 1.18 bits per heavy atom. The van der Waals surface area contributed by atoms with Crippen molar-refractivity contribution in [2.24, 2.45) is 0 Å². The maximum atomic E-state index is 12.9. The van der Waals surface area contributed by atoms with Crippen LogP contribution in [0.25, 0.3) is 0 Å². The monoisotopic (exact) mass is 490 g/mol. The van der Waals surface area contributed by atoms with Gasteiger partial charge in [-0.2, -0.15) is 5.26 Å². The fourth-order valence-corrected chi connectivity index (χ4v) is 4.52. The van der Waals surface area contributed by atoms with E-state index in [0.717, 1.165) is 30.2 Å². The summed E-state index contributed by atoms with van der Waals surface area (Å²) >= 11 is 5.96. The zero-order valence-electron chi connectivity index (χ0n) is 18.2. The summed E-state index contributed by atoms with van der Waals surface area (Å²) in [7, 11) is -0.954. The van der Waals surface area contributed by atoms with Crippen molar-refractivity contribution in [3.8, 4) is 6.07 Å². The van der Waals surface area contributed by atoms with Crippen molar-refractivity contribution in [2.75, 3.05) is 44.0 Å². The van der Waals surface area contributed by atoms with Crippen LogP contribution in [-0.2, 0) is 19.6 Å². The van der Waals surface area contributed by atoms with E-state index in [1.165, 1.54) is 44.4 Å². The van der Waals surface area contributed by atoms with Crippen molar-refractivity contribution in [2.45, 2.75) is 17.7 Å². The highest BCUT2D eigenvalue weighted by Gasteiger charge is 2.25. The van der Waals surface area contributed by atoms with Gasteiger partial charge < -0.3 is 15.0 Å². The standard InChI is InChI=1S/C22H23ClN4O5S/c1-26(2)33(30,31)17-7-8-20(27-9-3-4-10-27)18(12-17)22(29)32-14-21(28)25-16-6-5-15(13-24)19(23)11-16/h5-8,11-12H,3-4,9-10,14H2,1-2H3,(H,25,28). The van der Waals surface area contributed by atoms with E-state index in [1.807, 2.05) is 11.0 Å². The molecule has 1 saturated heterocycles. The molecule has 1 N–H and O–H groups in total. The molecule has 1 aliphatic rings. The van der Waals surface area contributed by atoms with E-state index < -0.39 is 28.5 Å². The molecule has 0 bridgehead atoms. The number of ether oxygens (including phenoxy) is 1. The number of hydrogen-bond donors (Lipinski definition) is 1. The molecule has 0 atom stereocenters. The number of halogens is 1. The zero-order valence-corrected chi connectivity index (χ0v) is 19.7. The minimum absolute atomic E-state index is 0.0425. The predicted octanol–water partition coefficient (Wildman–Crippen LogP) is 2.86. The van der Waals surface area contributed by atoms with Gasteiger partial charge in [-0.25, -0.2) is 17.5 Å². The second-order valence-electron chi connectivity index (χ2n) is 7.59. The average molecular weight is 491 g/mol. The molecular weight excluding hydrogens is 468 g/mol. The highest BCUT2D eigenvalue weighted by molar-refractivity contribution is 7.89. The molecule has 0 saturated carbocycles. The average Bonchev–Trinajstić information content (AvgIpc) is 3.32. The molecule has 1 heterocycles. The topological polar surface area (TPSA) is 120 Å². The second kappa shape index (κ2) is 10.2. The summed E-state index contributed by atoms with van der Waals surface area (Å²) in [6.45, 7) is 0.889. The first kappa shape index (κ1) is 24.5. The number of anilines is 2. The lowest BCUT2D eigenvalue weighted by molar-refractivity contribution is -0.119. The van der Waals surface area contributed by atoms with Crippen LogP contribution in [0.1, 0.15) is 28.8 Å². The van der Waals surface area contributed by atoms with E-state index in [0.29, 0.717) is 11.4 Å². The van der Waals surface area contributed by atoms with Crippen LogP contribution in [0.4, 0.5) is 11.4 Å². The van der Waals surface area contributed by atoms with Gasteiger partial charge in [-0.15, -0.1) is 0 Å². The third kappa shape index (κ3) is 5.63. The van der Waals surface area contributed by atoms with Gasteiger partial charge in [0.05, 0.1) is 26.7 Å². The molecule has 0 radical (unpaired) electrons. The van der Waals surface area contributed by atoms with Gasteiger partial charge in [0.2, 0.25) is 10.0 Å². The molecule has 0 aliphatic carbocycles. The molecule has 33 heavy (non-hydrogen) atoms. The number of nitriles is 1. The fraction of sp³-hybridized carbons (Fsp3) is 0.318. The highest BCUT2D eigenvalue weighted by Crippen LogP contribution is 2.29. The summed E-state index contributed by atoms with van der Waals surface area (Å²) in [5, 5.41) is 11.6. The van der Waals surface area contributed by atoms with E-state index in [2.05, 4.69) is 5.32 Å². The van der Waals surface area contributed by atoms with Gasteiger partial charge in [-0.05, 0) is 49.2 Å². The number of sulfonamides is 1. The van der Waals surface area contributed by atoms with E-state index in [1.54, 1.807) is 6.07 Å². The van der Waals surface area contributed by atoms with Gasteiger partial charge in [0.1, 0.15) is 6.07 Å². The van der Waals surface area contributed by atoms with Crippen LogP contribution < -0.4 is 10.2 Å². The van der Waals surface area contributed by atoms with E-state index >= 15 is 0 Å². The molecule has 2 aromatic carbocycles. The minimum Gasteiger partial charge on any atom is -0.452 e. The SMILES string of the molecule is CN(C)S(=O)(=O)c1ccc(N2CCCC2)c(C(=O)OCC(=O)Nc2ccc(C#N)c(Cl)c2)c1. The van der Waals surface area contributed by atoms with Crippen LogP contribution in [0.15, 0.2) is 41.3 Å². The van der Waals surface area contributed by atoms with Gasteiger partial charge in [0, 0.05) is 32.9 Å². The molecule has 0 spiro atoms. The molecule has 3 rings (SSSR count). The number of amides is 1. The van der Waals surface area contributed by atoms with E-state index in [4.69, 9.17) is 21.6 Å². The second-order valence-corrected chi connectivity index (χ2v) is 10.2. The number of carbonyl (C=O) groups excluding carboxylic acids is 2. The Morgan fingerprint density at radius 3 is 2.48 bits per heavy atom. The summed E-state index contributed by atoms with van der Waals surface area (Å²) in [4.78, 5) is 27.1. The first-order chi connectivity index (χ1) is 15.6. The van der Waals surface area contributed by atoms with Crippen molar-refractivity contribution in [1.82, 2.24) is 4.31 Å². The first-order valence-corrected chi connectivity index (χ1v) is 11.9. The van der Waals surface area contributed by atoms with Gasteiger partial charge in [0.25, 0.3) is 5.91 Å². The normalized spacial score (nSPS) is 13.6. The summed E-state index contributed by atoms with van der Waals surface area (Å²) in [6.07, 6.45) is 1.92. The molecule has 174 valence electrons. The third-order valence-electron chi connectivity index (χ3n) is 5.12. The Balaban J connectivity index is 1.78. The summed E-state index contributed by atoms with van der Waals surface area (Å²) in [5.41, 5.74) is 1.25. The van der Waals surface area contributed by atoms with Crippen molar-refractivity contribution in [1.29, 1.82) is 5.26 Å². The zero-order chi connectivity index (χ0) is 24.2. The van der Waals surface area contributed by atoms with Crippen molar-refractivity contribution in [3.05, 3.63) is 52.5 Å². The third-order valence-corrected chi connectivity index (χ3v) is 7.24. The molecule has 1 aliphatic heterocycles. The van der Waals surface area contributed by atoms with Crippen molar-refractivity contribution >= 4 is 44.9 Å². The maximum Gasteiger partial charge on any atom is 0.340 e. The van der Waals surface area contributed by atoms with Gasteiger partial charge in [0.15, 0.2) is 6.61 Å². The van der Waals surface area contributed by atoms with Crippen LogP contribution in [-0.4, -0.2) is 58.4 Å². The molecule has 2 aromatic rings. The number of benzene rings is 2. The lowest BCUT2D eigenvalue weighted by Crippen LogP contribution is -2.26. The van der Waals surface area contributed by atoms with Gasteiger partial charge in [-0.1, -0.05) is 11.6 Å². The predicted molar refractivity (Wildman–Crippen MR) is 124 cm³/mol. The van der Waals surface area contributed by atoms with Crippen LogP contribution >= 0.6 is 11.6 Å². The fourth-order valence-electron chi connectivity index (χ4n) is 3.37. The molecule has 1 amide bonds. The van der Waals surface area contributed by atoms with Crippen LogP contribution in [0, 0.1) is 11.3 Å². The maximum absolute atomic E-state index is 12.9. The number of rotatable bonds is 7. The van der Waals surface area contributed by atoms with Crippen LogP contribution in [0.2, 0.25) is 5.02 Å². The Bertz CT molecular complexity index is 1220. The largest absolute Gasteiger partial charge is 0.452 e. The molecule has 1 fully saturated rings. The lowest BCUT2D eigenvalue weighted by Gasteiger charge is -2.22. The Kier molecular flexibility index (Phi) is 7.58. The van der Waals surface area contributed by atoms with Crippen molar-refractivity contribution in [3.63, 3.8) is 0 Å². The van der Waals surface area contributed by atoms with Gasteiger partial charge >= 0.3 is 5.97 Å². The van der Waals surface area contributed by atoms with E-state index in [-0.39, 0.29) is 21.0 Å². The Morgan fingerprint density at radius 2 is 1.88 bits per heavy atom. The molecule has 9 nitrogen and oxygen atoms in total. The Hall–Kier alpha value is -3.13. The quantitative estimate of drug-likeness (QED) is 0.592. The molecule has 0 aromatic heterocycles.